The highest BCUT2D eigenvalue weighted by Crippen LogP contribution is 2.29. The number of carbonyl (C=O) groups is 2. The fourth-order valence-corrected chi connectivity index (χ4v) is 6.39. The zero-order valence-corrected chi connectivity index (χ0v) is 28.5. The maximum absolute atomic E-state index is 14.2. The van der Waals surface area contributed by atoms with E-state index in [1.165, 1.54) is 58.7 Å². The van der Waals surface area contributed by atoms with Crippen LogP contribution in [0.2, 0.25) is 5.02 Å². The van der Waals surface area contributed by atoms with Gasteiger partial charge in [0.25, 0.3) is 5.91 Å². The molecule has 0 saturated heterocycles. The van der Waals surface area contributed by atoms with Crippen LogP contribution in [0, 0.1) is 5.92 Å². The number of ether oxygens (including phenoxy) is 2. The van der Waals surface area contributed by atoms with Gasteiger partial charge in [0, 0.05) is 49.8 Å². The Balaban J connectivity index is 1.94. The molecule has 2 amide bonds. The summed E-state index contributed by atoms with van der Waals surface area (Å²) >= 11 is 5.94. The predicted molar refractivity (Wildman–Crippen MR) is 172 cm³/mol. The number of benzene rings is 2. The maximum atomic E-state index is 14.2. The fourth-order valence-electron chi connectivity index (χ4n) is 5.08. The van der Waals surface area contributed by atoms with Gasteiger partial charge in [0.05, 0.1) is 41.7 Å². The predicted octanol–water partition coefficient (Wildman–Crippen LogP) is 5.74. The van der Waals surface area contributed by atoms with Crippen molar-refractivity contribution in [2.45, 2.75) is 82.2 Å². The molecule has 0 radical (unpaired) electrons. The van der Waals surface area contributed by atoms with E-state index in [9.17, 15) is 36.3 Å². The molecule has 262 valence electrons. The van der Waals surface area contributed by atoms with E-state index in [2.05, 4.69) is 5.32 Å². The number of aliphatic hydroxyl groups excluding tert-OH is 1. The summed E-state index contributed by atoms with van der Waals surface area (Å²) in [7, 11) is -2.45. The number of nitrogens with one attached hydrogen (secondary N) is 1. The monoisotopic (exact) mass is 705 g/mol. The van der Waals surface area contributed by atoms with Crippen molar-refractivity contribution < 1.29 is 45.8 Å². The summed E-state index contributed by atoms with van der Waals surface area (Å²) < 4.78 is 78.2. The van der Waals surface area contributed by atoms with Crippen molar-refractivity contribution in [2.24, 2.45) is 5.92 Å². The second kappa shape index (κ2) is 17.0. The molecule has 47 heavy (non-hydrogen) atoms. The molecule has 15 heteroatoms. The highest BCUT2D eigenvalue weighted by molar-refractivity contribution is 7.89. The van der Waals surface area contributed by atoms with Crippen LogP contribution in [-0.4, -0.2) is 92.3 Å². The third-order valence-electron chi connectivity index (χ3n) is 7.93. The number of halogens is 4. The summed E-state index contributed by atoms with van der Waals surface area (Å²) in [5.74, 6) is -1.62. The molecule has 1 aliphatic heterocycles. The van der Waals surface area contributed by atoms with Crippen LogP contribution in [0.3, 0.4) is 0 Å². The van der Waals surface area contributed by atoms with Gasteiger partial charge in [0.2, 0.25) is 15.9 Å². The number of alkyl halides is 3. The number of fused-ring (bicyclic) bond motifs is 1. The van der Waals surface area contributed by atoms with Crippen molar-refractivity contribution >= 4 is 39.1 Å². The number of amides is 2. The second-order valence-corrected chi connectivity index (χ2v) is 14.4. The van der Waals surface area contributed by atoms with Gasteiger partial charge in [0.1, 0.15) is 5.75 Å². The van der Waals surface area contributed by atoms with E-state index in [-0.39, 0.29) is 41.1 Å². The molecular formula is C32H43ClF3N3O7S. The molecule has 2 aromatic rings. The van der Waals surface area contributed by atoms with Crippen LogP contribution < -0.4 is 10.1 Å². The molecule has 0 aliphatic carbocycles. The van der Waals surface area contributed by atoms with Gasteiger partial charge in [-0.15, -0.1) is 0 Å². The zero-order valence-electron chi connectivity index (χ0n) is 26.9. The molecule has 0 saturated carbocycles. The van der Waals surface area contributed by atoms with Crippen LogP contribution in [0.15, 0.2) is 47.4 Å². The molecule has 2 aromatic carbocycles. The quantitative estimate of drug-likeness (QED) is 0.341. The van der Waals surface area contributed by atoms with Gasteiger partial charge in [-0.25, -0.2) is 8.42 Å². The Labute approximate surface area is 279 Å². The zero-order chi connectivity index (χ0) is 34.9. The van der Waals surface area contributed by atoms with Gasteiger partial charge in [-0.3, -0.25) is 9.59 Å². The molecule has 10 nitrogen and oxygen atoms in total. The van der Waals surface area contributed by atoms with Crippen molar-refractivity contribution in [3.8, 4) is 5.75 Å². The lowest BCUT2D eigenvalue weighted by molar-refractivity contribution is -0.142. The standard InChI is InChI=1S/C32H43ClF3N3O7S/c1-21-18-39(22(2)20-40)31(42)27-17-25(37-30(41)14-15-32(34,35)36)10-13-28(27)46-23(3)7-5-6-16-45-29(21)19-38(4)47(43,44)26-11-8-24(33)9-12-26/h8-13,17,21-23,29,40H,5-7,14-16,18-20H2,1-4H3,(H,37,41)/t21-,22+,23+,29-/m0/s1. The lowest BCUT2D eigenvalue weighted by Crippen LogP contribution is -2.48. The molecule has 3 rings (SSSR count). The van der Waals surface area contributed by atoms with Crippen molar-refractivity contribution in [2.75, 3.05) is 38.7 Å². The van der Waals surface area contributed by atoms with Gasteiger partial charge in [-0.1, -0.05) is 18.5 Å². The van der Waals surface area contributed by atoms with E-state index in [0.29, 0.717) is 30.9 Å². The van der Waals surface area contributed by atoms with Gasteiger partial charge >= 0.3 is 6.18 Å². The first-order valence-corrected chi connectivity index (χ1v) is 17.3. The van der Waals surface area contributed by atoms with E-state index < -0.39 is 65.5 Å². The minimum Gasteiger partial charge on any atom is -0.490 e. The third-order valence-corrected chi connectivity index (χ3v) is 10.0. The molecule has 0 unspecified atom stereocenters. The first-order valence-electron chi connectivity index (χ1n) is 15.4. The SMILES string of the molecule is C[C@@H]1CCCCO[C@@H](CN(C)S(=O)(=O)c2ccc(Cl)cc2)[C@@H](C)CN([C@H](C)CO)C(=O)c2cc(NC(=O)CCC(F)(F)F)ccc2O1. The van der Waals surface area contributed by atoms with Gasteiger partial charge < -0.3 is 24.8 Å². The summed E-state index contributed by atoms with van der Waals surface area (Å²) in [6.45, 7) is 5.28. The average Bonchev–Trinajstić information content (AvgIpc) is 3.01. The smallest absolute Gasteiger partial charge is 0.389 e. The fraction of sp³-hybridized carbons (Fsp3) is 0.562. The molecule has 2 N–H and O–H groups in total. The van der Waals surface area contributed by atoms with Crippen molar-refractivity contribution in [1.29, 1.82) is 0 Å². The number of aliphatic hydroxyl groups is 1. The Hall–Kier alpha value is -2.91. The minimum atomic E-state index is -4.50. The molecular weight excluding hydrogens is 663 g/mol. The molecule has 4 atom stereocenters. The minimum absolute atomic E-state index is 0.0220. The number of sulfonamides is 1. The molecule has 0 aromatic heterocycles. The normalized spacial score (nSPS) is 21.0. The van der Waals surface area contributed by atoms with Crippen LogP contribution in [0.5, 0.6) is 5.75 Å². The van der Waals surface area contributed by atoms with Crippen molar-refractivity contribution in [1.82, 2.24) is 9.21 Å². The molecule has 0 fully saturated rings. The van der Waals surface area contributed by atoms with Crippen LogP contribution in [-0.2, 0) is 19.6 Å². The summed E-state index contributed by atoms with van der Waals surface area (Å²) in [4.78, 5) is 27.9. The topological polar surface area (TPSA) is 125 Å². The first-order chi connectivity index (χ1) is 22.0. The van der Waals surface area contributed by atoms with E-state index in [0.717, 1.165) is 0 Å². The third kappa shape index (κ3) is 11.3. The van der Waals surface area contributed by atoms with Crippen LogP contribution in [0.1, 0.15) is 63.2 Å². The van der Waals surface area contributed by atoms with E-state index >= 15 is 0 Å². The summed E-state index contributed by atoms with van der Waals surface area (Å²) in [6, 6.07) is 9.43. The molecule has 0 bridgehead atoms. The highest BCUT2D eigenvalue weighted by Gasteiger charge is 2.33. The molecule has 1 aliphatic rings. The van der Waals surface area contributed by atoms with Gasteiger partial charge in [-0.05, 0) is 75.6 Å². The van der Waals surface area contributed by atoms with Gasteiger partial charge in [-0.2, -0.15) is 17.5 Å². The van der Waals surface area contributed by atoms with Crippen molar-refractivity contribution in [3.63, 3.8) is 0 Å². The van der Waals surface area contributed by atoms with Crippen LogP contribution in [0.4, 0.5) is 18.9 Å². The maximum Gasteiger partial charge on any atom is 0.389 e. The number of hydrogen-bond acceptors (Lipinski definition) is 7. The average molecular weight is 706 g/mol. The number of likely N-dealkylation sites (N-methyl/N-ethyl adjacent to an activating group) is 1. The lowest BCUT2D eigenvalue weighted by Gasteiger charge is -2.35. The van der Waals surface area contributed by atoms with Crippen LogP contribution >= 0.6 is 11.6 Å². The Morgan fingerprint density at radius 1 is 1.17 bits per heavy atom. The molecule has 1 heterocycles. The van der Waals surface area contributed by atoms with E-state index in [4.69, 9.17) is 21.1 Å². The summed E-state index contributed by atoms with van der Waals surface area (Å²) in [5, 5.41) is 12.9. The number of rotatable bonds is 9. The highest BCUT2D eigenvalue weighted by atomic mass is 35.5. The van der Waals surface area contributed by atoms with Crippen molar-refractivity contribution in [3.05, 3.63) is 53.1 Å². The lowest BCUT2D eigenvalue weighted by atomic mass is 10.0. The number of anilines is 1. The second-order valence-electron chi connectivity index (χ2n) is 11.9. The van der Waals surface area contributed by atoms with E-state index in [1.54, 1.807) is 6.92 Å². The Morgan fingerprint density at radius 3 is 2.49 bits per heavy atom. The number of carbonyl (C=O) groups excluding carboxylic acids is 2. The largest absolute Gasteiger partial charge is 0.490 e. The van der Waals surface area contributed by atoms with Gasteiger partial charge in [0.15, 0.2) is 0 Å². The Bertz CT molecular complexity index is 1460. The molecule has 0 spiro atoms. The number of nitrogens with zero attached hydrogens (tertiary/aromatic N) is 2. The van der Waals surface area contributed by atoms with Crippen LogP contribution in [0.25, 0.3) is 0 Å². The van der Waals surface area contributed by atoms with E-state index in [1.807, 2.05) is 13.8 Å². The number of hydrogen-bond donors (Lipinski definition) is 2. The Morgan fingerprint density at radius 2 is 1.85 bits per heavy atom. The first kappa shape index (κ1) is 38.5. The summed E-state index contributed by atoms with van der Waals surface area (Å²) in [5.41, 5.74) is 0.163. The Kier molecular flexibility index (Phi) is 13.9. The summed E-state index contributed by atoms with van der Waals surface area (Å²) in [6.07, 6.45) is -5.55.